The Kier molecular flexibility index (Phi) is 3.04. The number of nitrogens with one attached hydrogen (secondary N) is 2. The smallest absolute Gasteiger partial charge is 0.224 e. The summed E-state index contributed by atoms with van der Waals surface area (Å²) >= 11 is 5.92. The minimum Gasteiger partial charge on any atom is -0.365 e. The average Bonchev–Trinajstić information content (AvgIpc) is 2.14. The average molecular weight is 241 g/mol. The highest BCUT2D eigenvalue weighted by Crippen LogP contribution is 2.24. The van der Waals surface area contributed by atoms with Gasteiger partial charge in [-0.3, -0.25) is 0 Å². The van der Waals surface area contributed by atoms with E-state index < -0.39 is 0 Å². The van der Waals surface area contributed by atoms with Crippen LogP contribution in [-0.2, 0) is 13.0 Å². The van der Waals surface area contributed by atoms with Crippen molar-refractivity contribution in [2.45, 2.75) is 39.3 Å². The molecule has 0 bridgehead atoms. The Morgan fingerprint density at radius 1 is 1.31 bits per heavy atom. The van der Waals surface area contributed by atoms with Gasteiger partial charge in [0.2, 0.25) is 5.28 Å². The van der Waals surface area contributed by atoms with Crippen LogP contribution >= 0.6 is 11.6 Å². The van der Waals surface area contributed by atoms with Gasteiger partial charge in [0.05, 0.1) is 5.69 Å². The number of fused-ring (bicyclic) bond motifs is 1. The second kappa shape index (κ2) is 4.18. The largest absolute Gasteiger partial charge is 0.365 e. The van der Waals surface area contributed by atoms with Crippen molar-refractivity contribution in [3.05, 3.63) is 16.5 Å². The molecule has 4 nitrogen and oxygen atoms in total. The van der Waals surface area contributed by atoms with Crippen molar-refractivity contribution in [1.29, 1.82) is 0 Å². The topological polar surface area (TPSA) is 49.8 Å². The molecular weight excluding hydrogens is 224 g/mol. The minimum atomic E-state index is -0.0175. The monoisotopic (exact) mass is 240 g/mol. The first-order valence-electron chi connectivity index (χ1n) is 5.50. The van der Waals surface area contributed by atoms with Gasteiger partial charge in [-0.05, 0) is 45.3 Å². The molecule has 0 saturated heterocycles. The van der Waals surface area contributed by atoms with Crippen LogP contribution in [0.3, 0.4) is 0 Å². The van der Waals surface area contributed by atoms with Crippen LogP contribution < -0.4 is 10.6 Å². The zero-order chi connectivity index (χ0) is 11.8. The lowest BCUT2D eigenvalue weighted by Gasteiger charge is -2.26. The van der Waals surface area contributed by atoms with E-state index in [1.165, 1.54) is 5.56 Å². The summed E-state index contributed by atoms with van der Waals surface area (Å²) in [6.07, 6.45) is 0.949. The molecular formula is C11H17ClN4. The summed E-state index contributed by atoms with van der Waals surface area (Å²) in [7, 11) is 0. The minimum absolute atomic E-state index is 0.0175. The maximum absolute atomic E-state index is 5.92. The van der Waals surface area contributed by atoms with E-state index in [4.69, 9.17) is 11.6 Å². The van der Waals surface area contributed by atoms with E-state index in [1.54, 1.807) is 0 Å². The third kappa shape index (κ3) is 2.62. The molecule has 1 aromatic heterocycles. The molecule has 16 heavy (non-hydrogen) atoms. The van der Waals surface area contributed by atoms with Crippen LogP contribution in [0.1, 0.15) is 32.0 Å². The summed E-state index contributed by atoms with van der Waals surface area (Å²) in [5, 5.41) is 6.98. The summed E-state index contributed by atoms with van der Waals surface area (Å²) in [6.45, 7) is 8.07. The van der Waals surface area contributed by atoms with Crippen LogP contribution in [0.4, 0.5) is 5.82 Å². The second-order valence-corrected chi connectivity index (χ2v) is 5.41. The third-order valence-electron chi connectivity index (χ3n) is 2.40. The summed E-state index contributed by atoms with van der Waals surface area (Å²) in [5.41, 5.74) is 2.19. The first-order valence-corrected chi connectivity index (χ1v) is 5.88. The molecule has 5 heteroatoms. The van der Waals surface area contributed by atoms with Crippen LogP contribution in [0.2, 0.25) is 5.28 Å². The summed E-state index contributed by atoms with van der Waals surface area (Å²) < 4.78 is 0. The Labute approximate surface area is 101 Å². The standard InChI is InChI=1S/C11H17ClN4/c1-11(2,3)16-9-7-4-5-13-6-8(7)14-10(12)15-9/h13H,4-6H2,1-3H3,(H,14,15,16). The fraction of sp³-hybridized carbons (Fsp3) is 0.636. The lowest BCUT2D eigenvalue weighted by atomic mass is 10.0. The zero-order valence-electron chi connectivity index (χ0n) is 9.89. The fourth-order valence-corrected chi connectivity index (χ4v) is 1.97. The van der Waals surface area contributed by atoms with E-state index in [9.17, 15) is 0 Å². The van der Waals surface area contributed by atoms with Crippen molar-refractivity contribution in [2.75, 3.05) is 11.9 Å². The zero-order valence-corrected chi connectivity index (χ0v) is 10.6. The van der Waals surface area contributed by atoms with Gasteiger partial charge in [-0.1, -0.05) is 0 Å². The van der Waals surface area contributed by atoms with Crippen molar-refractivity contribution < 1.29 is 0 Å². The van der Waals surface area contributed by atoms with Crippen molar-refractivity contribution in [1.82, 2.24) is 15.3 Å². The van der Waals surface area contributed by atoms with Crippen LogP contribution in [0.15, 0.2) is 0 Å². The van der Waals surface area contributed by atoms with E-state index in [2.05, 4.69) is 41.4 Å². The third-order valence-corrected chi connectivity index (χ3v) is 2.57. The molecule has 2 N–H and O–H groups in total. The van der Waals surface area contributed by atoms with Crippen LogP contribution in [0.25, 0.3) is 0 Å². The van der Waals surface area contributed by atoms with Crippen LogP contribution in [-0.4, -0.2) is 22.1 Å². The molecule has 0 saturated carbocycles. The Morgan fingerprint density at radius 3 is 2.75 bits per heavy atom. The van der Waals surface area contributed by atoms with E-state index in [1.807, 2.05) is 0 Å². The molecule has 1 aromatic rings. The van der Waals surface area contributed by atoms with E-state index >= 15 is 0 Å². The van der Waals surface area contributed by atoms with E-state index in [0.717, 1.165) is 31.0 Å². The molecule has 0 aromatic carbocycles. The first-order chi connectivity index (χ1) is 7.46. The van der Waals surface area contributed by atoms with Gasteiger partial charge < -0.3 is 10.6 Å². The number of hydrogen-bond acceptors (Lipinski definition) is 4. The number of anilines is 1. The van der Waals surface area contributed by atoms with Gasteiger partial charge >= 0.3 is 0 Å². The second-order valence-electron chi connectivity index (χ2n) is 5.07. The molecule has 1 aliphatic heterocycles. The summed E-state index contributed by atoms with van der Waals surface area (Å²) in [5.74, 6) is 0.879. The predicted octanol–water partition coefficient (Wildman–Crippen LogP) is 1.99. The number of halogens is 1. The first kappa shape index (κ1) is 11.6. The Bertz CT molecular complexity index is 398. The van der Waals surface area contributed by atoms with Gasteiger partial charge in [-0.2, -0.15) is 0 Å². The van der Waals surface area contributed by atoms with Crippen molar-refractivity contribution in [3.8, 4) is 0 Å². The van der Waals surface area contributed by atoms with Gasteiger partial charge in [0, 0.05) is 17.6 Å². The Hall–Kier alpha value is -0.870. The van der Waals surface area contributed by atoms with Gasteiger partial charge in [0.1, 0.15) is 5.82 Å². The van der Waals surface area contributed by atoms with E-state index in [-0.39, 0.29) is 5.54 Å². The number of aromatic nitrogens is 2. The molecule has 0 radical (unpaired) electrons. The van der Waals surface area contributed by atoms with Crippen LogP contribution in [0, 0.1) is 0 Å². The Balaban J connectivity index is 2.39. The van der Waals surface area contributed by atoms with Gasteiger partial charge in [0.25, 0.3) is 0 Å². The fourth-order valence-electron chi connectivity index (χ4n) is 1.79. The maximum atomic E-state index is 5.92. The molecule has 0 atom stereocenters. The van der Waals surface area contributed by atoms with E-state index in [0.29, 0.717) is 5.28 Å². The van der Waals surface area contributed by atoms with Crippen molar-refractivity contribution in [2.24, 2.45) is 0 Å². The summed E-state index contributed by atoms with van der Waals surface area (Å²) in [4.78, 5) is 8.54. The molecule has 2 heterocycles. The van der Waals surface area contributed by atoms with Gasteiger partial charge in [-0.25, -0.2) is 9.97 Å². The SMILES string of the molecule is CC(C)(C)Nc1nc(Cl)nc2c1CCNC2. The lowest BCUT2D eigenvalue weighted by Crippen LogP contribution is -2.31. The predicted molar refractivity (Wildman–Crippen MR) is 65.8 cm³/mol. The highest BCUT2D eigenvalue weighted by molar-refractivity contribution is 6.28. The maximum Gasteiger partial charge on any atom is 0.224 e. The number of hydrogen-bond donors (Lipinski definition) is 2. The molecule has 0 fully saturated rings. The van der Waals surface area contributed by atoms with Crippen molar-refractivity contribution >= 4 is 17.4 Å². The number of rotatable bonds is 1. The number of nitrogens with zero attached hydrogens (tertiary/aromatic N) is 2. The molecule has 1 aliphatic rings. The summed E-state index contributed by atoms with van der Waals surface area (Å²) in [6, 6.07) is 0. The van der Waals surface area contributed by atoms with Gasteiger partial charge in [0.15, 0.2) is 0 Å². The molecule has 0 aliphatic carbocycles. The normalized spacial score (nSPS) is 15.8. The molecule has 88 valence electrons. The van der Waals surface area contributed by atoms with Crippen molar-refractivity contribution in [3.63, 3.8) is 0 Å². The highest BCUT2D eigenvalue weighted by Gasteiger charge is 2.20. The Morgan fingerprint density at radius 2 is 2.06 bits per heavy atom. The van der Waals surface area contributed by atoms with Crippen LogP contribution in [0.5, 0.6) is 0 Å². The lowest BCUT2D eigenvalue weighted by molar-refractivity contribution is 0.605. The van der Waals surface area contributed by atoms with Gasteiger partial charge in [-0.15, -0.1) is 0 Å². The highest BCUT2D eigenvalue weighted by atomic mass is 35.5. The molecule has 0 unspecified atom stereocenters. The molecule has 2 rings (SSSR count). The molecule has 0 amide bonds. The quantitative estimate of drug-likeness (QED) is 0.738. The molecule has 0 spiro atoms.